The zero-order valence-corrected chi connectivity index (χ0v) is 21.8. The predicted molar refractivity (Wildman–Crippen MR) is 142 cm³/mol. The number of amides is 1. The van der Waals surface area contributed by atoms with Crippen LogP contribution in [0.25, 0.3) is 10.2 Å². The van der Waals surface area contributed by atoms with Gasteiger partial charge in [-0.15, -0.1) is 0 Å². The molecule has 5 rings (SSSR count). The molecule has 0 radical (unpaired) electrons. The number of thiazole rings is 1. The highest BCUT2D eigenvalue weighted by Gasteiger charge is 2.23. The van der Waals surface area contributed by atoms with E-state index in [4.69, 9.17) is 4.74 Å². The minimum Gasteiger partial charge on any atom is -0.437 e. The molecule has 1 amide bonds. The van der Waals surface area contributed by atoms with Gasteiger partial charge in [0.05, 0.1) is 4.70 Å². The van der Waals surface area contributed by atoms with Crippen LogP contribution in [0.4, 0.5) is 10.9 Å². The lowest BCUT2D eigenvalue weighted by molar-refractivity contribution is -0.114. The second-order valence-electron chi connectivity index (χ2n) is 8.37. The lowest BCUT2D eigenvalue weighted by Crippen LogP contribution is -2.47. The molecule has 1 fully saturated rings. The number of rotatable bonds is 6. The van der Waals surface area contributed by atoms with Gasteiger partial charge < -0.3 is 15.0 Å². The van der Waals surface area contributed by atoms with Gasteiger partial charge in [0, 0.05) is 49.7 Å². The number of nitrogens with zero attached hydrogens (tertiary/aromatic N) is 5. The highest BCUT2D eigenvalue weighted by Crippen LogP contribution is 2.35. The van der Waals surface area contributed by atoms with Crippen molar-refractivity contribution in [3.8, 4) is 11.6 Å². The summed E-state index contributed by atoms with van der Waals surface area (Å²) in [7, 11) is 0. The average Bonchev–Trinajstić information content (AvgIpc) is 3.27. The van der Waals surface area contributed by atoms with Crippen molar-refractivity contribution in [2.45, 2.75) is 19.9 Å². The van der Waals surface area contributed by atoms with E-state index in [1.807, 2.05) is 24.3 Å². The molecular formula is C25H25BrN6O2S. The van der Waals surface area contributed by atoms with E-state index < -0.39 is 0 Å². The molecule has 0 spiro atoms. The number of anilines is 2. The van der Waals surface area contributed by atoms with Crippen molar-refractivity contribution < 1.29 is 9.53 Å². The molecule has 1 aliphatic rings. The Morgan fingerprint density at radius 2 is 1.89 bits per heavy atom. The highest BCUT2D eigenvalue weighted by molar-refractivity contribution is 9.10. The second kappa shape index (κ2) is 10.3. The molecule has 8 nitrogen and oxygen atoms in total. The Labute approximate surface area is 216 Å². The molecule has 1 aliphatic heterocycles. The summed E-state index contributed by atoms with van der Waals surface area (Å²) in [6, 6.07) is 16.5. The van der Waals surface area contributed by atoms with Crippen molar-refractivity contribution in [3.63, 3.8) is 0 Å². The van der Waals surface area contributed by atoms with Gasteiger partial charge >= 0.3 is 0 Å². The largest absolute Gasteiger partial charge is 0.437 e. The molecule has 3 heterocycles. The number of ether oxygens (including phenoxy) is 1. The van der Waals surface area contributed by atoms with E-state index in [0.717, 1.165) is 41.2 Å². The number of fused-ring (bicyclic) bond motifs is 1. The Kier molecular flexibility index (Phi) is 6.94. The van der Waals surface area contributed by atoms with Crippen molar-refractivity contribution in [1.29, 1.82) is 0 Å². The molecule has 0 unspecified atom stereocenters. The fourth-order valence-corrected chi connectivity index (χ4v) is 5.37. The van der Waals surface area contributed by atoms with Crippen LogP contribution in [-0.4, -0.2) is 51.9 Å². The third kappa shape index (κ3) is 5.44. The lowest BCUT2D eigenvalue weighted by atomic mass is 10.1. The molecule has 1 saturated heterocycles. The van der Waals surface area contributed by atoms with Crippen LogP contribution >= 0.6 is 27.3 Å². The minimum absolute atomic E-state index is 0.154. The third-order valence-corrected chi connectivity index (χ3v) is 7.51. The molecule has 0 bridgehead atoms. The van der Waals surface area contributed by atoms with E-state index in [1.54, 1.807) is 0 Å². The fraction of sp³-hybridized carbons (Fsp3) is 0.280. The number of aromatic nitrogens is 3. The third-order valence-electron chi connectivity index (χ3n) is 6.05. The average molecular weight is 553 g/mol. The van der Waals surface area contributed by atoms with Gasteiger partial charge in [-0.3, -0.25) is 9.69 Å². The normalized spacial score (nSPS) is 15.2. The minimum atomic E-state index is -0.154. The summed E-state index contributed by atoms with van der Waals surface area (Å²) < 4.78 is 8.13. The predicted octanol–water partition coefficient (Wildman–Crippen LogP) is 5.48. The standard InChI is InChI=1S/C25H25BrN6O2S/c1-16(18-6-8-19(26)9-7-18)31-10-12-32(13-11-31)22-14-23(28-15-27-22)34-20-4-3-5-21-24(20)30-25(35-21)29-17(2)33/h3-9,14-16H,10-13H2,1-2H3,(H,29,30,33)/t16-/m1/s1. The van der Waals surface area contributed by atoms with Crippen LogP contribution < -0.4 is 15.0 Å². The first kappa shape index (κ1) is 23.7. The van der Waals surface area contributed by atoms with Crippen LogP contribution in [0, 0.1) is 0 Å². The van der Waals surface area contributed by atoms with Crippen LogP contribution in [0.5, 0.6) is 11.6 Å². The van der Waals surface area contributed by atoms with Gasteiger partial charge in [-0.25, -0.2) is 15.0 Å². The van der Waals surface area contributed by atoms with Crippen LogP contribution in [0.2, 0.25) is 0 Å². The highest BCUT2D eigenvalue weighted by atomic mass is 79.9. The molecular weight excluding hydrogens is 528 g/mol. The van der Waals surface area contributed by atoms with Gasteiger partial charge in [-0.1, -0.05) is 45.5 Å². The maximum Gasteiger partial charge on any atom is 0.224 e. The van der Waals surface area contributed by atoms with E-state index in [-0.39, 0.29) is 5.91 Å². The summed E-state index contributed by atoms with van der Waals surface area (Å²) in [4.78, 5) is 29.5. The van der Waals surface area contributed by atoms with Crippen LogP contribution in [0.1, 0.15) is 25.5 Å². The number of hydrogen-bond donors (Lipinski definition) is 1. The van der Waals surface area contributed by atoms with Crippen LogP contribution in [0.15, 0.2) is 59.3 Å². The number of benzene rings is 2. The van der Waals surface area contributed by atoms with Crippen LogP contribution in [0.3, 0.4) is 0 Å². The number of piperazine rings is 1. The maximum atomic E-state index is 11.4. The topological polar surface area (TPSA) is 83.5 Å². The van der Waals surface area contributed by atoms with Crippen molar-refractivity contribution in [2.24, 2.45) is 0 Å². The van der Waals surface area contributed by atoms with Gasteiger partial charge in [0.1, 0.15) is 17.7 Å². The van der Waals surface area contributed by atoms with E-state index >= 15 is 0 Å². The smallest absolute Gasteiger partial charge is 0.224 e. The number of para-hydroxylation sites is 1. The zero-order chi connectivity index (χ0) is 24.4. The molecule has 10 heteroatoms. The summed E-state index contributed by atoms with van der Waals surface area (Å²) in [6.07, 6.45) is 1.53. The Morgan fingerprint density at radius 3 is 2.63 bits per heavy atom. The van der Waals surface area contributed by atoms with Gasteiger partial charge in [0.2, 0.25) is 11.8 Å². The van der Waals surface area contributed by atoms with Gasteiger partial charge in [-0.2, -0.15) is 0 Å². The molecule has 1 atom stereocenters. The molecule has 2 aromatic carbocycles. The fourth-order valence-electron chi connectivity index (χ4n) is 4.17. The first-order chi connectivity index (χ1) is 17.0. The van der Waals surface area contributed by atoms with E-state index in [0.29, 0.717) is 28.3 Å². The lowest BCUT2D eigenvalue weighted by Gasteiger charge is -2.38. The number of carbonyl (C=O) groups is 1. The Bertz CT molecular complexity index is 1340. The second-order valence-corrected chi connectivity index (χ2v) is 10.3. The number of hydrogen-bond acceptors (Lipinski definition) is 8. The van der Waals surface area contributed by atoms with Crippen molar-refractivity contribution in [1.82, 2.24) is 19.9 Å². The van der Waals surface area contributed by atoms with E-state index in [1.165, 1.54) is 30.2 Å². The first-order valence-corrected chi connectivity index (χ1v) is 13.0. The Balaban J connectivity index is 1.27. The van der Waals surface area contributed by atoms with Gasteiger partial charge in [-0.05, 0) is 36.8 Å². The van der Waals surface area contributed by atoms with Crippen molar-refractivity contribution in [3.05, 3.63) is 64.9 Å². The summed E-state index contributed by atoms with van der Waals surface area (Å²) in [5.41, 5.74) is 2.01. The molecule has 2 aromatic heterocycles. The SMILES string of the molecule is CC(=O)Nc1nc2c(Oc3cc(N4CCN([C@H](C)c5ccc(Br)cc5)CC4)ncn3)cccc2s1. The summed E-state index contributed by atoms with van der Waals surface area (Å²) in [5.74, 6) is 1.74. The molecule has 0 aliphatic carbocycles. The summed E-state index contributed by atoms with van der Waals surface area (Å²) in [5, 5.41) is 3.28. The Hall–Kier alpha value is -3.08. The molecule has 35 heavy (non-hydrogen) atoms. The van der Waals surface area contributed by atoms with Crippen LogP contribution in [-0.2, 0) is 4.79 Å². The maximum absolute atomic E-state index is 11.4. The molecule has 1 N–H and O–H groups in total. The summed E-state index contributed by atoms with van der Waals surface area (Å²) >= 11 is 4.92. The number of nitrogens with one attached hydrogen (secondary N) is 1. The number of carbonyl (C=O) groups excluding carboxylic acids is 1. The van der Waals surface area contributed by atoms with Crippen molar-refractivity contribution in [2.75, 3.05) is 36.4 Å². The monoisotopic (exact) mass is 552 g/mol. The Morgan fingerprint density at radius 1 is 1.11 bits per heavy atom. The summed E-state index contributed by atoms with van der Waals surface area (Å²) in [6.45, 7) is 7.36. The number of halogens is 1. The van der Waals surface area contributed by atoms with Gasteiger partial charge in [0.15, 0.2) is 10.9 Å². The molecule has 180 valence electrons. The van der Waals surface area contributed by atoms with Gasteiger partial charge in [0.25, 0.3) is 0 Å². The molecule has 0 saturated carbocycles. The quantitative estimate of drug-likeness (QED) is 0.339. The van der Waals surface area contributed by atoms with E-state index in [2.05, 4.69) is 77.2 Å². The zero-order valence-electron chi connectivity index (χ0n) is 19.4. The first-order valence-electron chi connectivity index (χ1n) is 11.4. The molecule has 4 aromatic rings. The van der Waals surface area contributed by atoms with Crippen molar-refractivity contribution >= 4 is 54.3 Å². The van der Waals surface area contributed by atoms with E-state index in [9.17, 15) is 4.79 Å².